The van der Waals surface area contributed by atoms with E-state index in [0.717, 1.165) is 42.1 Å². The molecule has 0 bridgehead atoms. The normalized spacial score (nSPS) is 17.3. The largest absolute Gasteiger partial charge is 0.505 e. The first kappa shape index (κ1) is 25.9. The van der Waals surface area contributed by atoms with Crippen LogP contribution in [-0.2, 0) is 0 Å². The maximum Gasteiger partial charge on any atom is 0.255 e. The average molecular weight is 540 g/mol. The molecule has 0 spiro atoms. The summed E-state index contributed by atoms with van der Waals surface area (Å²) < 4.78 is 15.8. The predicted octanol–water partition coefficient (Wildman–Crippen LogP) is 6.34. The number of hydrogen-bond acceptors (Lipinski definition) is 5. The van der Waals surface area contributed by atoms with Crippen LogP contribution in [-0.4, -0.2) is 59.5 Å². The smallest absolute Gasteiger partial charge is 0.255 e. The van der Waals surface area contributed by atoms with E-state index in [0.29, 0.717) is 37.7 Å². The van der Waals surface area contributed by atoms with Gasteiger partial charge in [-0.25, -0.2) is 8.70 Å². The van der Waals surface area contributed by atoms with Crippen LogP contribution in [0.1, 0.15) is 40.2 Å². The van der Waals surface area contributed by atoms with Crippen LogP contribution in [0.25, 0.3) is 0 Å². The molecule has 1 N–H and O–H groups in total. The second-order valence-electron chi connectivity index (χ2n) is 9.72. The zero-order valence-corrected chi connectivity index (χ0v) is 22.4. The maximum atomic E-state index is 13.4. The minimum absolute atomic E-state index is 0.123. The summed E-state index contributed by atoms with van der Waals surface area (Å²) in [6, 6.07) is 18.7. The molecule has 0 aliphatic carbocycles. The number of anilines is 1. The summed E-state index contributed by atoms with van der Waals surface area (Å²) in [4.78, 5) is 17.9. The number of carbonyl (C=O) groups excluding carboxylic acids is 1. The zero-order valence-electron chi connectivity index (χ0n) is 20.9. The van der Waals surface area contributed by atoms with Crippen LogP contribution in [0.15, 0.2) is 65.6 Å². The maximum absolute atomic E-state index is 13.4. The molecule has 0 unspecified atom stereocenters. The van der Waals surface area contributed by atoms with Crippen molar-refractivity contribution in [3.63, 3.8) is 0 Å². The summed E-state index contributed by atoms with van der Waals surface area (Å²) in [6.45, 7) is 6.15. The SMILES string of the molecule is Cc1cc(SN2CCC(c3ccccc3)CC2)cc(N2CCN(C(=O)c3ccc(F)cc3Cl)CC2)c1O. The van der Waals surface area contributed by atoms with Gasteiger partial charge in [-0.15, -0.1) is 0 Å². The van der Waals surface area contributed by atoms with E-state index in [1.807, 2.05) is 13.0 Å². The van der Waals surface area contributed by atoms with Gasteiger partial charge in [-0.2, -0.15) is 0 Å². The molecule has 8 heteroatoms. The van der Waals surface area contributed by atoms with E-state index in [1.54, 1.807) is 16.8 Å². The highest BCUT2D eigenvalue weighted by atomic mass is 35.5. The lowest BCUT2D eigenvalue weighted by Crippen LogP contribution is -2.49. The predicted molar refractivity (Wildman–Crippen MR) is 148 cm³/mol. The fraction of sp³-hybridized carbons (Fsp3) is 0.345. The number of rotatable bonds is 5. The van der Waals surface area contributed by atoms with Crippen LogP contribution in [0, 0.1) is 12.7 Å². The third kappa shape index (κ3) is 5.89. The molecule has 194 valence electrons. The van der Waals surface area contributed by atoms with Gasteiger partial charge in [0.15, 0.2) is 0 Å². The van der Waals surface area contributed by atoms with Crippen molar-refractivity contribution in [2.75, 3.05) is 44.2 Å². The number of piperidine rings is 1. The molecule has 1 amide bonds. The zero-order chi connectivity index (χ0) is 25.9. The number of amides is 1. The number of aromatic hydroxyl groups is 1. The Hall–Kier alpha value is -2.74. The van der Waals surface area contributed by atoms with Crippen molar-refractivity contribution in [1.29, 1.82) is 0 Å². The Labute approximate surface area is 227 Å². The van der Waals surface area contributed by atoms with Crippen LogP contribution in [0.3, 0.4) is 0 Å². The Balaban J connectivity index is 1.21. The van der Waals surface area contributed by atoms with Gasteiger partial charge in [0.2, 0.25) is 0 Å². The first-order valence-corrected chi connectivity index (χ1v) is 13.8. The molecule has 0 aromatic heterocycles. The molecule has 37 heavy (non-hydrogen) atoms. The molecule has 5 nitrogen and oxygen atoms in total. The molecule has 3 aromatic rings. The van der Waals surface area contributed by atoms with Crippen LogP contribution in [0.2, 0.25) is 5.02 Å². The third-order valence-corrected chi connectivity index (χ3v) is 8.66. The molecule has 0 atom stereocenters. The number of nitrogens with zero attached hydrogens (tertiary/aromatic N) is 3. The quantitative estimate of drug-likeness (QED) is 0.383. The number of phenols is 1. The first-order valence-electron chi connectivity index (χ1n) is 12.7. The number of hydrogen-bond donors (Lipinski definition) is 1. The molecule has 2 saturated heterocycles. The molecule has 2 fully saturated rings. The summed E-state index contributed by atoms with van der Waals surface area (Å²) in [6.07, 6.45) is 2.27. The summed E-state index contributed by atoms with van der Waals surface area (Å²) in [5, 5.41) is 11.0. The summed E-state index contributed by atoms with van der Waals surface area (Å²) >= 11 is 7.86. The van der Waals surface area contributed by atoms with Gasteiger partial charge in [0.25, 0.3) is 5.91 Å². The van der Waals surface area contributed by atoms with Gasteiger partial charge in [0, 0.05) is 44.2 Å². The topological polar surface area (TPSA) is 47.0 Å². The molecule has 5 rings (SSSR count). The summed E-state index contributed by atoms with van der Waals surface area (Å²) in [5.74, 6) is 0.233. The van der Waals surface area contributed by atoms with E-state index in [2.05, 4.69) is 45.6 Å². The lowest BCUT2D eigenvalue weighted by Gasteiger charge is -2.37. The van der Waals surface area contributed by atoms with Crippen molar-refractivity contribution >= 4 is 35.1 Å². The van der Waals surface area contributed by atoms with Crippen LogP contribution in [0.5, 0.6) is 5.75 Å². The first-order chi connectivity index (χ1) is 17.9. The number of halogens is 2. The van der Waals surface area contributed by atoms with Crippen molar-refractivity contribution in [3.8, 4) is 5.75 Å². The van der Waals surface area contributed by atoms with Gasteiger partial charge in [0.1, 0.15) is 11.6 Å². The Kier molecular flexibility index (Phi) is 7.93. The lowest BCUT2D eigenvalue weighted by molar-refractivity contribution is 0.0747. The third-order valence-electron chi connectivity index (χ3n) is 7.28. The molecule has 0 radical (unpaired) electrons. The lowest BCUT2D eigenvalue weighted by atomic mass is 9.90. The van der Waals surface area contributed by atoms with Crippen molar-refractivity contribution in [2.45, 2.75) is 30.6 Å². The van der Waals surface area contributed by atoms with E-state index in [4.69, 9.17) is 11.6 Å². The van der Waals surface area contributed by atoms with E-state index in [1.165, 1.54) is 23.8 Å². The fourth-order valence-electron chi connectivity index (χ4n) is 5.16. The van der Waals surface area contributed by atoms with E-state index < -0.39 is 5.82 Å². The molecule has 0 saturated carbocycles. The summed E-state index contributed by atoms with van der Waals surface area (Å²) in [7, 11) is 0. The monoisotopic (exact) mass is 539 g/mol. The van der Waals surface area contributed by atoms with Gasteiger partial charge in [-0.05, 0) is 79.1 Å². The molecular formula is C29H31ClFN3O2S. The molecular weight excluding hydrogens is 509 g/mol. The van der Waals surface area contributed by atoms with E-state index in [9.17, 15) is 14.3 Å². The van der Waals surface area contributed by atoms with Crippen molar-refractivity contribution in [3.05, 3.63) is 88.2 Å². The van der Waals surface area contributed by atoms with Crippen LogP contribution >= 0.6 is 23.5 Å². The molecule has 2 heterocycles. The second-order valence-corrected chi connectivity index (χ2v) is 11.3. The summed E-state index contributed by atoms with van der Waals surface area (Å²) in [5.41, 5.74) is 3.38. The van der Waals surface area contributed by atoms with Gasteiger partial charge in [0.05, 0.1) is 16.3 Å². The minimum atomic E-state index is -0.462. The van der Waals surface area contributed by atoms with Crippen LogP contribution in [0.4, 0.5) is 10.1 Å². The number of aryl methyl sites for hydroxylation is 1. The molecule has 3 aromatic carbocycles. The number of piperazine rings is 1. The Morgan fingerprint density at radius 1 is 0.973 bits per heavy atom. The van der Waals surface area contributed by atoms with Crippen molar-refractivity contribution in [2.24, 2.45) is 0 Å². The minimum Gasteiger partial charge on any atom is -0.505 e. The fourth-order valence-corrected chi connectivity index (χ4v) is 6.49. The van der Waals surface area contributed by atoms with Gasteiger partial charge < -0.3 is 14.9 Å². The Morgan fingerprint density at radius 3 is 2.35 bits per heavy atom. The standard InChI is InChI=1S/C29H31ClFN3O2S/c1-20-17-24(37-34-11-9-22(10-12-34)21-5-3-2-4-6-21)19-27(28(20)35)32-13-15-33(16-14-32)29(36)25-8-7-23(31)18-26(25)30/h2-8,17-19,22,35H,9-16H2,1H3. The highest BCUT2D eigenvalue weighted by Crippen LogP contribution is 2.39. The van der Waals surface area contributed by atoms with E-state index in [-0.39, 0.29) is 16.7 Å². The van der Waals surface area contributed by atoms with Crippen molar-refractivity contribution < 1.29 is 14.3 Å². The average Bonchev–Trinajstić information content (AvgIpc) is 2.91. The Bertz CT molecular complexity index is 1260. The van der Waals surface area contributed by atoms with Gasteiger partial charge >= 0.3 is 0 Å². The second kappa shape index (κ2) is 11.3. The van der Waals surface area contributed by atoms with Gasteiger partial charge in [-0.3, -0.25) is 4.79 Å². The number of phenolic OH excluding ortho intramolecular Hbond substituents is 1. The van der Waals surface area contributed by atoms with Gasteiger partial charge in [-0.1, -0.05) is 41.9 Å². The highest BCUT2D eigenvalue weighted by Gasteiger charge is 2.26. The van der Waals surface area contributed by atoms with Crippen molar-refractivity contribution in [1.82, 2.24) is 9.21 Å². The number of benzene rings is 3. The highest BCUT2D eigenvalue weighted by molar-refractivity contribution is 7.97. The Morgan fingerprint density at radius 2 is 1.68 bits per heavy atom. The number of carbonyl (C=O) groups is 1. The van der Waals surface area contributed by atoms with E-state index >= 15 is 0 Å². The molecule has 2 aliphatic rings. The van der Waals surface area contributed by atoms with Crippen LogP contribution < -0.4 is 4.90 Å². The molecule has 2 aliphatic heterocycles.